The average Bonchev–Trinajstić information content (AvgIpc) is 2.30. The molecule has 1 aromatic heterocycles. The lowest BCUT2D eigenvalue weighted by atomic mass is 10.2. The maximum atomic E-state index is 13.4. The van der Waals surface area contributed by atoms with Gasteiger partial charge < -0.3 is 5.32 Å². The molecule has 0 aliphatic heterocycles. The second kappa shape index (κ2) is 4.88. The zero-order chi connectivity index (χ0) is 12.3. The van der Waals surface area contributed by atoms with Crippen LogP contribution >= 0.6 is 11.6 Å². The van der Waals surface area contributed by atoms with Gasteiger partial charge >= 0.3 is 0 Å². The van der Waals surface area contributed by atoms with E-state index in [1.54, 1.807) is 0 Å². The van der Waals surface area contributed by atoms with Crippen molar-refractivity contribution in [2.45, 2.75) is 0 Å². The SMILES string of the molecule is O=C(Nc1cncnc1)c1ccc(Cl)cc1F. The largest absolute Gasteiger partial charge is 0.319 e. The molecule has 0 unspecified atom stereocenters. The number of rotatable bonds is 2. The molecule has 2 aromatic rings. The number of aromatic nitrogens is 2. The molecule has 0 fully saturated rings. The van der Waals surface area contributed by atoms with Crippen LogP contribution in [0.25, 0.3) is 0 Å². The molecule has 0 radical (unpaired) electrons. The van der Waals surface area contributed by atoms with E-state index >= 15 is 0 Å². The van der Waals surface area contributed by atoms with E-state index in [0.717, 1.165) is 6.07 Å². The zero-order valence-electron chi connectivity index (χ0n) is 8.52. The maximum Gasteiger partial charge on any atom is 0.258 e. The number of halogens is 2. The first-order valence-corrected chi connectivity index (χ1v) is 5.06. The van der Waals surface area contributed by atoms with Crippen molar-refractivity contribution >= 4 is 23.2 Å². The normalized spacial score (nSPS) is 10.0. The van der Waals surface area contributed by atoms with Crippen LogP contribution in [-0.2, 0) is 0 Å². The number of anilines is 1. The molecule has 1 N–H and O–H groups in total. The van der Waals surface area contributed by atoms with E-state index in [0.29, 0.717) is 5.69 Å². The number of nitrogens with zero attached hydrogens (tertiary/aromatic N) is 2. The molecule has 0 spiro atoms. The quantitative estimate of drug-likeness (QED) is 0.892. The van der Waals surface area contributed by atoms with Crippen molar-refractivity contribution in [1.29, 1.82) is 0 Å². The predicted molar refractivity (Wildman–Crippen MR) is 61.4 cm³/mol. The second-order valence-electron chi connectivity index (χ2n) is 3.21. The molecule has 2 rings (SSSR count). The van der Waals surface area contributed by atoms with Crippen molar-refractivity contribution in [2.75, 3.05) is 5.32 Å². The summed E-state index contributed by atoms with van der Waals surface area (Å²) in [5, 5.41) is 2.71. The third-order valence-electron chi connectivity index (χ3n) is 1.99. The van der Waals surface area contributed by atoms with Crippen LogP contribution in [0, 0.1) is 5.82 Å². The second-order valence-corrected chi connectivity index (χ2v) is 3.64. The molecule has 1 amide bonds. The minimum Gasteiger partial charge on any atom is -0.319 e. The van der Waals surface area contributed by atoms with Gasteiger partial charge in [-0.2, -0.15) is 0 Å². The minimum atomic E-state index is -0.674. The fraction of sp³-hybridized carbons (Fsp3) is 0. The smallest absolute Gasteiger partial charge is 0.258 e. The third-order valence-corrected chi connectivity index (χ3v) is 2.23. The fourth-order valence-electron chi connectivity index (χ4n) is 1.24. The molecular weight excluding hydrogens is 245 g/mol. The van der Waals surface area contributed by atoms with Crippen molar-refractivity contribution in [3.8, 4) is 0 Å². The van der Waals surface area contributed by atoms with Crippen LogP contribution in [0.3, 0.4) is 0 Å². The summed E-state index contributed by atoms with van der Waals surface area (Å²) in [4.78, 5) is 19.2. The Bertz CT molecular complexity index is 548. The van der Waals surface area contributed by atoms with E-state index in [1.165, 1.54) is 30.9 Å². The van der Waals surface area contributed by atoms with Crippen LogP contribution in [0.15, 0.2) is 36.9 Å². The third kappa shape index (κ3) is 2.76. The number of carbonyl (C=O) groups excluding carboxylic acids is 1. The standard InChI is InChI=1S/C11H7ClFN3O/c12-7-1-2-9(10(13)3-7)11(17)16-8-4-14-6-15-5-8/h1-6H,(H,16,17). The van der Waals surface area contributed by atoms with Gasteiger partial charge in [0.15, 0.2) is 0 Å². The number of amides is 1. The molecule has 0 atom stereocenters. The molecule has 1 heterocycles. The van der Waals surface area contributed by atoms with Gasteiger partial charge in [-0.05, 0) is 18.2 Å². The summed E-state index contributed by atoms with van der Waals surface area (Å²) in [5.41, 5.74) is 0.310. The zero-order valence-corrected chi connectivity index (χ0v) is 9.28. The number of nitrogens with one attached hydrogen (secondary N) is 1. The Balaban J connectivity index is 2.21. The molecule has 0 saturated carbocycles. The van der Waals surface area contributed by atoms with Crippen LogP contribution in [0.1, 0.15) is 10.4 Å². The minimum absolute atomic E-state index is 0.0850. The Morgan fingerprint density at radius 3 is 2.65 bits per heavy atom. The Morgan fingerprint density at radius 1 is 1.29 bits per heavy atom. The summed E-state index contributed by atoms with van der Waals surface area (Å²) >= 11 is 5.59. The Kier molecular flexibility index (Phi) is 3.30. The summed E-state index contributed by atoms with van der Waals surface area (Å²) in [6, 6.07) is 3.84. The van der Waals surface area contributed by atoms with Crippen molar-refractivity contribution in [3.63, 3.8) is 0 Å². The summed E-state index contributed by atoms with van der Waals surface area (Å²) < 4.78 is 13.4. The summed E-state index contributed by atoms with van der Waals surface area (Å²) in [6.07, 6.45) is 4.16. The number of benzene rings is 1. The molecule has 4 nitrogen and oxygen atoms in total. The lowest BCUT2D eigenvalue weighted by Gasteiger charge is -2.05. The molecule has 86 valence electrons. The molecule has 0 bridgehead atoms. The molecule has 0 aliphatic rings. The van der Waals surface area contributed by atoms with Crippen LogP contribution < -0.4 is 5.32 Å². The fourth-order valence-corrected chi connectivity index (χ4v) is 1.39. The summed E-state index contributed by atoms with van der Waals surface area (Å²) in [6.45, 7) is 0. The first kappa shape index (κ1) is 11.5. The highest BCUT2D eigenvalue weighted by Crippen LogP contribution is 2.15. The Morgan fingerprint density at radius 2 is 2.00 bits per heavy atom. The first-order valence-electron chi connectivity index (χ1n) is 4.68. The lowest BCUT2D eigenvalue weighted by molar-refractivity contribution is 0.102. The van der Waals surface area contributed by atoms with Gasteiger partial charge in [-0.3, -0.25) is 4.79 Å². The molecule has 0 aliphatic carbocycles. The number of carbonyl (C=O) groups is 1. The van der Waals surface area contributed by atoms with E-state index in [9.17, 15) is 9.18 Å². The molecule has 17 heavy (non-hydrogen) atoms. The Hall–Kier alpha value is -2.01. The topological polar surface area (TPSA) is 54.9 Å². The summed E-state index contributed by atoms with van der Waals surface area (Å²) in [7, 11) is 0. The van der Waals surface area contributed by atoms with Crippen molar-refractivity contribution in [3.05, 3.63) is 53.3 Å². The van der Waals surface area contributed by atoms with Crippen molar-refractivity contribution in [2.24, 2.45) is 0 Å². The van der Waals surface area contributed by atoms with E-state index in [4.69, 9.17) is 11.6 Å². The van der Waals surface area contributed by atoms with Gasteiger partial charge in [-0.25, -0.2) is 14.4 Å². The van der Waals surface area contributed by atoms with Crippen molar-refractivity contribution < 1.29 is 9.18 Å². The van der Waals surface area contributed by atoms with Gasteiger partial charge in [-0.1, -0.05) is 11.6 Å². The van der Waals surface area contributed by atoms with Gasteiger partial charge in [0.25, 0.3) is 5.91 Å². The van der Waals surface area contributed by atoms with Gasteiger partial charge in [0.2, 0.25) is 0 Å². The highest BCUT2D eigenvalue weighted by Gasteiger charge is 2.12. The van der Waals surface area contributed by atoms with Crippen molar-refractivity contribution in [1.82, 2.24) is 9.97 Å². The van der Waals surface area contributed by atoms with E-state index in [-0.39, 0.29) is 10.6 Å². The highest BCUT2D eigenvalue weighted by atomic mass is 35.5. The van der Waals surface area contributed by atoms with Gasteiger partial charge in [0.1, 0.15) is 12.1 Å². The Labute approximate surface area is 101 Å². The van der Waals surface area contributed by atoms with E-state index < -0.39 is 11.7 Å². The molecule has 6 heteroatoms. The lowest BCUT2D eigenvalue weighted by Crippen LogP contribution is -2.13. The molecular formula is C11H7ClFN3O. The highest BCUT2D eigenvalue weighted by molar-refractivity contribution is 6.30. The van der Waals surface area contributed by atoms with Gasteiger partial charge in [0, 0.05) is 5.02 Å². The molecule has 1 aromatic carbocycles. The monoisotopic (exact) mass is 251 g/mol. The van der Waals surface area contributed by atoms with E-state index in [1.807, 2.05) is 0 Å². The number of hydrogen-bond donors (Lipinski definition) is 1. The first-order chi connectivity index (χ1) is 8.16. The maximum absolute atomic E-state index is 13.4. The van der Waals surface area contributed by atoms with Crippen LogP contribution in [0.5, 0.6) is 0 Å². The van der Waals surface area contributed by atoms with Crippen LogP contribution in [0.2, 0.25) is 5.02 Å². The predicted octanol–water partition coefficient (Wildman–Crippen LogP) is 2.52. The van der Waals surface area contributed by atoms with Gasteiger partial charge in [0.05, 0.1) is 23.6 Å². The van der Waals surface area contributed by atoms with Gasteiger partial charge in [-0.15, -0.1) is 0 Å². The summed E-state index contributed by atoms with van der Waals surface area (Å²) in [5.74, 6) is -1.25. The van der Waals surface area contributed by atoms with E-state index in [2.05, 4.69) is 15.3 Å². The average molecular weight is 252 g/mol. The molecule has 0 saturated heterocycles. The van der Waals surface area contributed by atoms with Crippen LogP contribution in [-0.4, -0.2) is 15.9 Å². The number of hydrogen-bond acceptors (Lipinski definition) is 3. The van der Waals surface area contributed by atoms with Crippen LogP contribution in [0.4, 0.5) is 10.1 Å².